The number of rotatable bonds is 4. The van der Waals surface area contributed by atoms with Gasteiger partial charge in [0.1, 0.15) is 12.6 Å². The molecule has 0 radical (unpaired) electrons. The van der Waals surface area contributed by atoms with Crippen LogP contribution < -0.4 is 10.5 Å². The van der Waals surface area contributed by atoms with Gasteiger partial charge in [0.15, 0.2) is 0 Å². The highest BCUT2D eigenvalue weighted by Gasteiger charge is 2.11. The van der Waals surface area contributed by atoms with Crippen LogP contribution in [-0.4, -0.2) is 16.4 Å². The van der Waals surface area contributed by atoms with Gasteiger partial charge in [-0.2, -0.15) is 0 Å². The number of nitrogens with zero attached hydrogens (tertiary/aromatic N) is 2. The molecule has 0 aliphatic carbocycles. The molecule has 2 rings (SSSR count). The first-order chi connectivity index (χ1) is 7.79. The van der Waals surface area contributed by atoms with Crippen molar-refractivity contribution in [3.8, 4) is 0 Å². The summed E-state index contributed by atoms with van der Waals surface area (Å²) in [6.45, 7) is 2.85. The highest BCUT2D eigenvalue weighted by atomic mass is 16.7. The first-order valence-electron chi connectivity index (χ1n) is 5.54. The maximum Gasteiger partial charge on any atom is 0.362 e. The summed E-state index contributed by atoms with van der Waals surface area (Å²) < 4.78 is 3.10. The molecule has 16 heavy (non-hydrogen) atoms. The standard InChI is InChI=1S/C12H16N2O2/c1-3-4-9-13-10-7-5-6-8-11(10)14(16-2)12(13)15/h5-8H,3-4,9H2,1-2H3. The Morgan fingerprint density at radius 1 is 1.25 bits per heavy atom. The van der Waals surface area contributed by atoms with E-state index in [1.165, 1.54) is 11.8 Å². The summed E-state index contributed by atoms with van der Waals surface area (Å²) in [5.74, 6) is 0. The number of fused-ring (bicyclic) bond motifs is 1. The third kappa shape index (κ3) is 1.60. The summed E-state index contributed by atoms with van der Waals surface area (Å²) in [7, 11) is 1.51. The van der Waals surface area contributed by atoms with Gasteiger partial charge in [0, 0.05) is 6.54 Å². The van der Waals surface area contributed by atoms with E-state index in [2.05, 4.69) is 6.92 Å². The molecule has 0 atom stereocenters. The maximum absolute atomic E-state index is 12.0. The maximum atomic E-state index is 12.0. The molecule has 4 nitrogen and oxygen atoms in total. The van der Waals surface area contributed by atoms with Gasteiger partial charge in [-0.15, -0.1) is 4.73 Å². The zero-order valence-electron chi connectivity index (χ0n) is 9.64. The molecule has 0 bridgehead atoms. The molecule has 0 N–H and O–H groups in total. The van der Waals surface area contributed by atoms with Gasteiger partial charge in [-0.25, -0.2) is 4.79 Å². The van der Waals surface area contributed by atoms with Crippen molar-refractivity contribution in [3.05, 3.63) is 34.7 Å². The van der Waals surface area contributed by atoms with E-state index in [-0.39, 0.29) is 5.69 Å². The minimum absolute atomic E-state index is 0.0999. The molecular formula is C12H16N2O2. The lowest BCUT2D eigenvalue weighted by Gasteiger charge is -2.00. The molecule has 0 saturated heterocycles. The fraction of sp³-hybridized carbons (Fsp3) is 0.417. The van der Waals surface area contributed by atoms with Gasteiger partial charge in [0.2, 0.25) is 0 Å². The Morgan fingerprint density at radius 3 is 2.56 bits per heavy atom. The zero-order chi connectivity index (χ0) is 11.5. The van der Waals surface area contributed by atoms with Crippen molar-refractivity contribution in [1.82, 2.24) is 9.30 Å². The lowest BCUT2D eigenvalue weighted by Crippen LogP contribution is -2.27. The van der Waals surface area contributed by atoms with Gasteiger partial charge in [0.05, 0.1) is 5.52 Å². The van der Waals surface area contributed by atoms with E-state index in [1.54, 1.807) is 4.57 Å². The average Bonchev–Trinajstić information content (AvgIpc) is 2.58. The second kappa shape index (κ2) is 4.43. The number of hydrogen-bond acceptors (Lipinski definition) is 2. The Hall–Kier alpha value is -1.71. The number of imidazole rings is 1. The van der Waals surface area contributed by atoms with Crippen molar-refractivity contribution in [2.45, 2.75) is 26.3 Å². The molecule has 1 heterocycles. The highest BCUT2D eigenvalue weighted by molar-refractivity contribution is 5.75. The minimum Gasteiger partial charge on any atom is -0.412 e. The molecule has 1 aromatic carbocycles. The number of para-hydroxylation sites is 2. The summed E-state index contributed by atoms with van der Waals surface area (Å²) in [5.41, 5.74) is 1.66. The average molecular weight is 220 g/mol. The van der Waals surface area contributed by atoms with Crippen LogP contribution in [0.2, 0.25) is 0 Å². The molecule has 0 aliphatic heterocycles. The molecule has 0 spiro atoms. The lowest BCUT2D eigenvalue weighted by atomic mass is 10.3. The van der Waals surface area contributed by atoms with Gasteiger partial charge >= 0.3 is 5.69 Å². The van der Waals surface area contributed by atoms with Crippen molar-refractivity contribution in [3.63, 3.8) is 0 Å². The Bertz CT molecular complexity index is 539. The van der Waals surface area contributed by atoms with Crippen LogP contribution in [0.15, 0.2) is 29.1 Å². The van der Waals surface area contributed by atoms with Gasteiger partial charge in [-0.1, -0.05) is 25.5 Å². The summed E-state index contributed by atoms with van der Waals surface area (Å²) in [6.07, 6.45) is 2.07. The number of hydrogen-bond donors (Lipinski definition) is 0. The van der Waals surface area contributed by atoms with E-state index < -0.39 is 0 Å². The molecule has 1 aromatic heterocycles. The van der Waals surface area contributed by atoms with Crippen LogP contribution in [0.1, 0.15) is 19.8 Å². The Balaban J connectivity index is 2.63. The lowest BCUT2D eigenvalue weighted by molar-refractivity contribution is 0.165. The first kappa shape index (κ1) is 10.8. The molecule has 0 unspecified atom stereocenters. The third-order valence-electron chi connectivity index (χ3n) is 2.71. The van der Waals surface area contributed by atoms with Gasteiger partial charge < -0.3 is 4.84 Å². The minimum atomic E-state index is -0.0999. The predicted molar refractivity (Wildman–Crippen MR) is 63.6 cm³/mol. The van der Waals surface area contributed by atoms with Crippen LogP contribution in [0.3, 0.4) is 0 Å². The quantitative estimate of drug-likeness (QED) is 0.785. The zero-order valence-corrected chi connectivity index (χ0v) is 9.64. The van der Waals surface area contributed by atoms with Crippen molar-refractivity contribution >= 4 is 11.0 Å². The molecule has 0 aliphatic rings. The summed E-state index contributed by atoms with van der Waals surface area (Å²) in [4.78, 5) is 17.1. The Morgan fingerprint density at radius 2 is 1.94 bits per heavy atom. The molecule has 0 amide bonds. The molecule has 86 valence electrons. The van der Waals surface area contributed by atoms with Gasteiger partial charge in [-0.3, -0.25) is 4.57 Å². The van der Waals surface area contributed by atoms with E-state index in [1.807, 2.05) is 24.3 Å². The molecule has 4 heteroatoms. The largest absolute Gasteiger partial charge is 0.412 e. The molecule has 0 saturated carbocycles. The topological polar surface area (TPSA) is 36.2 Å². The van der Waals surface area contributed by atoms with Gasteiger partial charge in [0.25, 0.3) is 0 Å². The number of benzene rings is 1. The summed E-state index contributed by atoms with van der Waals surface area (Å²) in [6, 6.07) is 7.68. The fourth-order valence-electron chi connectivity index (χ4n) is 1.89. The number of aryl methyl sites for hydroxylation is 1. The van der Waals surface area contributed by atoms with Crippen LogP contribution in [0.25, 0.3) is 11.0 Å². The highest BCUT2D eigenvalue weighted by Crippen LogP contribution is 2.12. The monoisotopic (exact) mass is 220 g/mol. The van der Waals surface area contributed by atoms with Crippen molar-refractivity contribution in [1.29, 1.82) is 0 Å². The van der Waals surface area contributed by atoms with Gasteiger partial charge in [-0.05, 0) is 18.6 Å². The summed E-state index contributed by atoms with van der Waals surface area (Å²) >= 11 is 0. The predicted octanol–water partition coefficient (Wildman–Crippen LogP) is 1.66. The fourth-order valence-corrected chi connectivity index (χ4v) is 1.89. The SMILES string of the molecule is CCCCn1c(=O)n(OC)c2ccccc21. The molecule has 0 fully saturated rings. The van der Waals surface area contributed by atoms with Crippen LogP contribution in [0.5, 0.6) is 0 Å². The Labute approximate surface area is 94.0 Å². The molecule has 2 aromatic rings. The van der Waals surface area contributed by atoms with Crippen LogP contribution >= 0.6 is 0 Å². The summed E-state index contributed by atoms with van der Waals surface area (Å²) in [5, 5.41) is 0. The van der Waals surface area contributed by atoms with Crippen LogP contribution in [0, 0.1) is 0 Å². The van der Waals surface area contributed by atoms with E-state index in [0.717, 1.165) is 30.4 Å². The smallest absolute Gasteiger partial charge is 0.362 e. The van der Waals surface area contributed by atoms with Crippen LogP contribution in [-0.2, 0) is 6.54 Å². The van der Waals surface area contributed by atoms with Crippen LogP contribution in [0.4, 0.5) is 0 Å². The van der Waals surface area contributed by atoms with Crippen molar-refractivity contribution in [2.75, 3.05) is 7.11 Å². The normalized spacial score (nSPS) is 10.9. The number of unbranched alkanes of at least 4 members (excludes halogenated alkanes) is 1. The van der Waals surface area contributed by atoms with E-state index in [0.29, 0.717) is 0 Å². The molecular weight excluding hydrogens is 204 g/mol. The third-order valence-corrected chi connectivity index (χ3v) is 2.71. The van der Waals surface area contributed by atoms with E-state index in [9.17, 15) is 4.79 Å². The number of aromatic nitrogens is 2. The van der Waals surface area contributed by atoms with Crippen molar-refractivity contribution < 1.29 is 4.84 Å². The Kier molecular flexibility index (Phi) is 2.99. The second-order valence-electron chi connectivity index (χ2n) is 3.75. The van der Waals surface area contributed by atoms with Crippen molar-refractivity contribution in [2.24, 2.45) is 0 Å². The van der Waals surface area contributed by atoms with E-state index in [4.69, 9.17) is 4.84 Å². The second-order valence-corrected chi connectivity index (χ2v) is 3.75. The first-order valence-corrected chi connectivity index (χ1v) is 5.54. The van der Waals surface area contributed by atoms with E-state index >= 15 is 0 Å².